The molecule has 0 radical (unpaired) electrons. The van der Waals surface area contributed by atoms with Gasteiger partial charge in [-0.15, -0.1) is 0 Å². The molecule has 1 aliphatic carbocycles. The Morgan fingerprint density at radius 2 is 1.76 bits per heavy atom. The Balaban J connectivity index is 1.89. The van der Waals surface area contributed by atoms with Gasteiger partial charge in [0.25, 0.3) is 0 Å². The highest BCUT2D eigenvalue weighted by Gasteiger charge is 2.38. The summed E-state index contributed by atoms with van der Waals surface area (Å²) in [6.07, 6.45) is 10.3. The molecule has 2 rings (SSSR count). The molecule has 3 heteroatoms. The van der Waals surface area contributed by atoms with E-state index in [1.54, 1.807) is 0 Å². The molecule has 2 aliphatic rings. The highest BCUT2D eigenvalue weighted by atomic mass is 16.2. The van der Waals surface area contributed by atoms with E-state index in [2.05, 4.69) is 31.4 Å². The fourth-order valence-electron chi connectivity index (χ4n) is 3.97. The van der Waals surface area contributed by atoms with Crippen LogP contribution in [0.15, 0.2) is 0 Å². The van der Waals surface area contributed by atoms with Gasteiger partial charge in [-0.2, -0.15) is 0 Å². The number of rotatable bonds is 4. The molecule has 1 amide bonds. The molecule has 1 unspecified atom stereocenters. The third kappa shape index (κ3) is 4.45. The Morgan fingerprint density at radius 3 is 2.33 bits per heavy atom. The summed E-state index contributed by atoms with van der Waals surface area (Å²) >= 11 is 0. The minimum absolute atomic E-state index is 0.257. The largest absolute Gasteiger partial charge is 0.353 e. The Morgan fingerprint density at radius 1 is 1.10 bits per heavy atom. The molecule has 0 aromatic rings. The Kier molecular flexibility index (Phi) is 6.09. The van der Waals surface area contributed by atoms with Crippen LogP contribution in [0.1, 0.15) is 72.1 Å². The molecule has 1 saturated carbocycles. The molecular formula is C18H34N2O. The van der Waals surface area contributed by atoms with Crippen molar-refractivity contribution in [2.24, 2.45) is 17.3 Å². The SMILES string of the molecule is C[C@H](NC(=O)C(C)(C)C1CCCNC1)C1CCCCCC1. The van der Waals surface area contributed by atoms with Crippen LogP contribution in [0.25, 0.3) is 0 Å². The maximum Gasteiger partial charge on any atom is 0.226 e. The molecule has 0 aromatic carbocycles. The summed E-state index contributed by atoms with van der Waals surface area (Å²) < 4.78 is 0. The smallest absolute Gasteiger partial charge is 0.226 e. The third-order valence-electron chi connectivity index (χ3n) is 5.87. The van der Waals surface area contributed by atoms with Crippen LogP contribution in [0, 0.1) is 17.3 Å². The number of hydrogen-bond donors (Lipinski definition) is 2. The van der Waals surface area contributed by atoms with E-state index in [1.165, 1.54) is 51.4 Å². The van der Waals surface area contributed by atoms with Crippen LogP contribution >= 0.6 is 0 Å². The summed E-state index contributed by atoms with van der Waals surface area (Å²) in [5.41, 5.74) is -0.258. The second-order valence-electron chi connectivity index (χ2n) is 7.78. The van der Waals surface area contributed by atoms with Crippen molar-refractivity contribution in [3.8, 4) is 0 Å². The van der Waals surface area contributed by atoms with E-state index < -0.39 is 0 Å². The van der Waals surface area contributed by atoms with Crippen LogP contribution in [0.5, 0.6) is 0 Å². The zero-order valence-corrected chi connectivity index (χ0v) is 14.2. The van der Waals surface area contributed by atoms with Crippen LogP contribution in [0.2, 0.25) is 0 Å². The van der Waals surface area contributed by atoms with Crippen molar-refractivity contribution in [3.63, 3.8) is 0 Å². The highest BCUT2D eigenvalue weighted by Crippen LogP contribution is 2.33. The van der Waals surface area contributed by atoms with Gasteiger partial charge in [0.1, 0.15) is 0 Å². The molecular weight excluding hydrogens is 260 g/mol. The molecule has 2 atom stereocenters. The molecule has 1 aliphatic heterocycles. The van der Waals surface area contributed by atoms with Crippen LogP contribution in [-0.2, 0) is 4.79 Å². The van der Waals surface area contributed by atoms with Crippen LogP contribution < -0.4 is 10.6 Å². The molecule has 122 valence electrons. The summed E-state index contributed by atoms with van der Waals surface area (Å²) in [4.78, 5) is 12.8. The van der Waals surface area contributed by atoms with Gasteiger partial charge < -0.3 is 10.6 Å². The average Bonchev–Trinajstić information content (AvgIpc) is 2.77. The van der Waals surface area contributed by atoms with E-state index >= 15 is 0 Å². The lowest BCUT2D eigenvalue weighted by atomic mass is 9.74. The minimum Gasteiger partial charge on any atom is -0.353 e. The van der Waals surface area contributed by atoms with Gasteiger partial charge in [0.05, 0.1) is 0 Å². The first-order valence-electron chi connectivity index (χ1n) is 9.03. The van der Waals surface area contributed by atoms with Gasteiger partial charge in [-0.05, 0) is 57.5 Å². The summed E-state index contributed by atoms with van der Waals surface area (Å²) in [5, 5.41) is 6.79. The normalized spacial score (nSPS) is 26.9. The quantitative estimate of drug-likeness (QED) is 0.779. The number of nitrogens with one attached hydrogen (secondary N) is 2. The summed E-state index contributed by atoms with van der Waals surface area (Å²) in [6.45, 7) is 8.55. The van der Waals surface area contributed by atoms with Crippen molar-refractivity contribution >= 4 is 5.91 Å². The highest BCUT2D eigenvalue weighted by molar-refractivity contribution is 5.82. The number of piperidine rings is 1. The zero-order valence-electron chi connectivity index (χ0n) is 14.2. The molecule has 1 saturated heterocycles. The van der Waals surface area contributed by atoms with Gasteiger partial charge in [0, 0.05) is 11.5 Å². The fourth-order valence-corrected chi connectivity index (χ4v) is 3.97. The summed E-state index contributed by atoms with van der Waals surface area (Å²) in [6, 6.07) is 0.325. The van der Waals surface area contributed by atoms with Gasteiger partial charge in [0.2, 0.25) is 5.91 Å². The maximum atomic E-state index is 12.8. The monoisotopic (exact) mass is 294 g/mol. The van der Waals surface area contributed by atoms with E-state index in [1.807, 2.05) is 0 Å². The molecule has 2 fully saturated rings. The van der Waals surface area contributed by atoms with Crippen LogP contribution in [0.4, 0.5) is 0 Å². The number of carbonyl (C=O) groups is 1. The molecule has 0 spiro atoms. The van der Waals surface area contributed by atoms with Gasteiger partial charge in [0.15, 0.2) is 0 Å². The third-order valence-corrected chi connectivity index (χ3v) is 5.87. The first-order valence-corrected chi connectivity index (χ1v) is 9.03. The number of hydrogen-bond acceptors (Lipinski definition) is 2. The first-order chi connectivity index (χ1) is 10.0. The summed E-state index contributed by atoms with van der Waals surface area (Å²) in [7, 11) is 0. The van der Waals surface area contributed by atoms with Gasteiger partial charge >= 0.3 is 0 Å². The molecule has 2 N–H and O–H groups in total. The van der Waals surface area contributed by atoms with Crippen LogP contribution in [0.3, 0.4) is 0 Å². The van der Waals surface area contributed by atoms with E-state index in [4.69, 9.17) is 0 Å². The Hall–Kier alpha value is -0.570. The second-order valence-corrected chi connectivity index (χ2v) is 7.78. The fraction of sp³-hybridized carbons (Fsp3) is 0.944. The van der Waals surface area contributed by atoms with Crippen LogP contribution in [-0.4, -0.2) is 25.0 Å². The van der Waals surface area contributed by atoms with Crippen molar-refractivity contribution in [2.75, 3.05) is 13.1 Å². The van der Waals surface area contributed by atoms with E-state index in [0.717, 1.165) is 13.1 Å². The molecule has 21 heavy (non-hydrogen) atoms. The lowest BCUT2D eigenvalue weighted by Gasteiger charge is -2.37. The van der Waals surface area contributed by atoms with E-state index in [9.17, 15) is 4.79 Å². The first kappa shape index (κ1) is 16.8. The van der Waals surface area contributed by atoms with Crippen molar-refractivity contribution in [1.29, 1.82) is 0 Å². The predicted octanol–water partition coefficient (Wildman–Crippen LogP) is 3.49. The standard InChI is InChI=1S/C18H34N2O/c1-14(15-9-6-4-5-7-10-15)20-17(21)18(2,3)16-11-8-12-19-13-16/h14-16,19H,4-13H2,1-3H3,(H,20,21)/t14-,16?/m0/s1. The maximum absolute atomic E-state index is 12.8. The van der Waals surface area contributed by atoms with E-state index in [0.29, 0.717) is 17.9 Å². The molecule has 0 aromatic heterocycles. The van der Waals surface area contributed by atoms with E-state index in [-0.39, 0.29) is 11.3 Å². The Bertz CT molecular complexity index is 326. The van der Waals surface area contributed by atoms with Crippen molar-refractivity contribution in [1.82, 2.24) is 10.6 Å². The minimum atomic E-state index is -0.258. The Labute approximate surface area is 130 Å². The van der Waals surface area contributed by atoms with Crippen molar-refractivity contribution in [3.05, 3.63) is 0 Å². The molecule has 0 bridgehead atoms. The van der Waals surface area contributed by atoms with Gasteiger partial charge in [-0.1, -0.05) is 39.5 Å². The zero-order chi connectivity index (χ0) is 15.3. The average molecular weight is 294 g/mol. The molecule has 1 heterocycles. The lowest BCUT2D eigenvalue weighted by Crippen LogP contribution is -2.50. The lowest BCUT2D eigenvalue weighted by molar-refractivity contribution is -0.133. The van der Waals surface area contributed by atoms with Gasteiger partial charge in [-0.25, -0.2) is 0 Å². The number of amides is 1. The second kappa shape index (κ2) is 7.62. The number of carbonyl (C=O) groups excluding carboxylic acids is 1. The van der Waals surface area contributed by atoms with Crippen molar-refractivity contribution < 1.29 is 4.79 Å². The topological polar surface area (TPSA) is 41.1 Å². The van der Waals surface area contributed by atoms with Crippen molar-refractivity contribution in [2.45, 2.75) is 78.2 Å². The predicted molar refractivity (Wildman–Crippen MR) is 88.2 cm³/mol. The summed E-state index contributed by atoms with van der Waals surface area (Å²) in [5.74, 6) is 1.40. The molecule has 3 nitrogen and oxygen atoms in total. The van der Waals surface area contributed by atoms with Gasteiger partial charge in [-0.3, -0.25) is 4.79 Å².